The van der Waals surface area contributed by atoms with Crippen molar-refractivity contribution in [3.05, 3.63) is 95.3 Å². The summed E-state index contributed by atoms with van der Waals surface area (Å²) in [6.07, 6.45) is 1.53. The molecule has 0 atom stereocenters. The minimum atomic E-state index is -0.542. The van der Waals surface area contributed by atoms with Crippen LogP contribution in [0.3, 0.4) is 0 Å². The molecule has 2 N–H and O–H groups in total. The number of nitrogens with one attached hydrogen (secondary N) is 2. The lowest BCUT2D eigenvalue weighted by molar-refractivity contribution is 0.0842. The summed E-state index contributed by atoms with van der Waals surface area (Å²) in [5.74, 6) is -0.547. The smallest absolute Gasteiger partial charge is 0.288 e. The number of hydrazine groups is 1. The molecule has 0 saturated carbocycles. The van der Waals surface area contributed by atoms with Crippen molar-refractivity contribution in [2.45, 2.75) is 0 Å². The van der Waals surface area contributed by atoms with Crippen LogP contribution in [0.5, 0.6) is 0 Å². The van der Waals surface area contributed by atoms with Crippen molar-refractivity contribution in [2.75, 3.05) is 0 Å². The minimum absolute atomic E-state index is 0.224. The Morgan fingerprint density at radius 3 is 2.34 bits per heavy atom. The van der Waals surface area contributed by atoms with Crippen molar-refractivity contribution in [1.82, 2.24) is 20.6 Å². The molecule has 8 heteroatoms. The molecule has 2 amide bonds. The van der Waals surface area contributed by atoms with Crippen molar-refractivity contribution in [2.24, 2.45) is 0 Å². The van der Waals surface area contributed by atoms with E-state index < -0.39 is 11.8 Å². The second-order valence-electron chi connectivity index (χ2n) is 6.03. The van der Waals surface area contributed by atoms with E-state index in [9.17, 15) is 9.59 Å². The lowest BCUT2D eigenvalue weighted by atomic mass is 10.2. The Morgan fingerprint density at radius 1 is 0.897 bits per heavy atom. The number of rotatable bonds is 4. The molecule has 0 spiro atoms. The van der Waals surface area contributed by atoms with E-state index >= 15 is 0 Å². The molecular formula is C21H15ClN4O3. The van der Waals surface area contributed by atoms with Gasteiger partial charge in [-0.3, -0.25) is 20.4 Å². The van der Waals surface area contributed by atoms with Gasteiger partial charge in [0.1, 0.15) is 11.4 Å². The monoisotopic (exact) mass is 406 g/mol. The third-order valence-electron chi connectivity index (χ3n) is 4.12. The Labute approximate surface area is 170 Å². The van der Waals surface area contributed by atoms with E-state index in [2.05, 4.69) is 16.0 Å². The zero-order valence-corrected chi connectivity index (χ0v) is 15.8. The van der Waals surface area contributed by atoms with Crippen LogP contribution in [-0.2, 0) is 0 Å². The summed E-state index contributed by atoms with van der Waals surface area (Å²) < 4.78 is 6.86. The van der Waals surface area contributed by atoms with E-state index in [4.69, 9.17) is 16.0 Å². The number of carbonyl (C=O) groups is 2. The fourth-order valence-electron chi connectivity index (χ4n) is 2.74. The van der Waals surface area contributed by atoms with Gasteiger partial charge in [0.05, 0.1) is 22.5 Å². The predicted octanol–water partition coefficient (Wildman–Crippen LogP) is 3.86. The fourth-order valence-corrected chi connectivity index (χ4v) is 2.97. The van der Waals surface area contributed by atoms with Crippen LogP contribution in [0.1, 0.15) is 20.8 Å². The number of furan rings is 1. The number of benzene rings is 2. The summed E-state index contributed by atoms with van der Waals surface area (Å²) >= 11 is 6.02. The van der Waals surface area contributed by atoms with Gasteiger partial charge in [0, 0.05) is 6.07 Å². The van der Waals surface area contributed by atoms with Crippen LogP contribution in [0.15, 0.2) is 83.5 Å². The van der Waals surface area contributed by atoms with Gasteiger partial charge < -0.3 is 4.42 Å². The lowest BCUT2D eigenvalue weighted by Gasteiger charge is -2.10. The number of halogens is 1. The molecule has 2 aromatic heterocycles. The standard InChI is InChI=1S/C21H15ClN4O3/c22-16-10-5-4-9-15(16)20(27)23-24-21(28)18-13-17(19-11-6-12-29-19)25-26(18)14-7-2-1-3-8-14/h1-13H,(H,23,27)(H,24,28). The molecule has 2 aromatic carbocycles. The van der Waals surface area contributed by atoms with Crippen molar-refractivity contribution in [3.8, 4) is 17.1 Å². The van der Waals surface area contributed by atoms with Crippen LogP contribution in [0.4, 0.5) is 0 Å². The number of hydrogen-bond donors (Lipinski definition) is 2. The van der Waals surface area contributed by atoms with Crippen LogP contribution in [0.25, 0.3) is 17.1 Å². The number of hydrogen-bond acceptors (Lipinski definition) is 4. The highest BCUT2D eigenvalue weighted by molar-refractivity contribution is 6.33. The van der Waals surface area contributed by atoms with Gasteiger partial charge in [0.25, 0.3) is 11.8 Å². The highest BCUT2D eigenvalue weighted by Crippen LogP contribution is 2.22. The summed E-state index contributed by atoms with van der Waals surface area (Å²) in [5.41, 5.74) is 6.43. The molecule has 144 valence electrons. The van der Waals surface area contributed by atoms with E-state index in [1.807, 2.05) is 30.3 Å². The molecular weight excluding hydrogens is 392 g/mol. The van der Waals surface area contributed by atoms with E-state index in [1.54, 1.807) is 42.5 Å². The predicted molar refractivity (Wildman–Crippen MR) is 108 cm³/mol. The maximum Gasteiger partial charge on any atom is 0.288 e. The van der Waals surface area contributed by atoms with Crippen LogP contribution in [0.2, 0.25) is 5.02 Å². The first kappa shape index (κ1) is 18.5. The SMILES string of the molecule is O=C(NNC(=O)c1cc(-c2ccco2)nn1-c1ccccc1)c1ccccc1Cl. The molecule has 29 heavy (non-hydrogen) atoms. The van der Waals surface area contributed by atoms with E-state index in [1.165, 1.54) is 10.9 Å². The molecule has 0 aliphatic rings. The van der Waals surface area contributed by atoms with Gasteiger partial charge in [0.15, 0.2) is 5.76 Å². The third-order valence-corrected chi connectivity index (χ3v) is 4.45. The van der Waals surface area contributed by atoms with Gasteiger partial charge in [-0.1, -0.05) is 41.9 Å². The molecule has 0 aliphatic carbocycles. The lowest BCUT2D eigenvalue weighted by Crippen LogP contribution is -2.42. The first-order valence-corrected chi connectivity index (χ1v) is 9.06. The largest absolute Gasteiger partial charge is 0.463 e. The summed E-state index contributed by atoms with van der Waals surface area (Å²) in [7, 11) is 0. The Balaban J connectivity index is 1.60. The Morgan fingerprint density at radius 2 is 1.62 bits per heavy atom. The highest BCUT2D eigenvalue weighted by Gasteiger charge is 2.19. The Kier molecular flexibility index (Phi) is 5.13. The number of carbonyl (C=O) groups excluding carboxylic acids is 2. The molecule has 2 heterocycles. The molecule has 0 aliphatic heterocycles. The van der Waals surface area contributed by atoms with Gasteiger partial charge in [-0.05, 0) is 36.4 Å². The van der Waals surface area contributed by atoms with Crippen molar-refractivity contribution in [3.63, 3.8) is 0 Å². The minimum Gasteiger partial charge on any atom is -0.463 e. The first-order chi connectivity index (χ1) is 14.1. The molecule has 0 bridgehead atoms. The number of nitrogens with zero attached hydrogens (tertiary/aromatic N) is 2. The molecule has 0 unspecified atom stereocenters. The van der Waals surface area contributed by atoms with Gasteiger partial charge >= 0.3 is 0 Å². The summed E-state index contributed by atoms with van der Waals surface area (Å²) in [6, 6.07) is 20.8. The Hall–Kier alpha value is -3.84. The fraction of sp³-hybridized carbons (Fsp3) is 0. The number of para-hydroxylation sites is 1. The molecule has 7 nitrogen and oxygen atoms in total. The molecule has 0 fully saturated rings. The second kappa shape index (κ2) is 8.04. The molecule has 0 radical (unpaired) electrons. The Bertz CT molecular complexity index is 1150. The van der Waals surface area contributed by atoms with E-state index in [-0.39, 0.29) is 16.3 Å². The first-order valence-electron chi connectivity index (χ1n) is 8.68. The van der Waals surface area contributed by atoms with Crippen molar-refractivity contribution >= 4 is 23.4 Å². The summed E-state index contributed by atoms with van der Waals surface area (Å²) in [6.45, 7) is 0. The van der Waals surface area contributed by atoms with Crippen LogP contribution < -0.4 is 10.9 Å². The normalized spacial score (nSPS) is 10.5. The summed E-state index contributed by atoms with van der Waals surface area (Å²) in [5, 5.41) is 4.76. The maximum absolute atomic E-state index is 12.8. The van der Waals surface area contributed by atoms with Crippen molar-refractivity contribution < 1.29 is 14.0 Å². The van der Waals surface area contributed by atoms with E-state index in [0.29, 0.717) is 17.1 Å². The van der Waals surface area contributed by atoms with Gasteiger partial charge in [-0.25, -0.2) is 4.68 Å². The van der Waals surface area contributed by atoms with E-state index in [0.717, 1.165) is 0 Å². The van der Waals surface area contributed by atoms with Gasteiger partial charge in [-0.15, -0.1) is 0 Å². The van der Waals surface area contributed by atoms with Crippen LogP contribution in [-0.4, -0.2) is 21.6 Å². The average molecular weight is 407 g/mol. The molecule has 4 rings (SSSR count). The quantitative estimate of drug-likeness (QED) is 0.503. The van der Waals surface area contributed by atoms with Gasteiger partial charge in [-0.2, -0.15) is 5.10 Å². The average Bonchev–Trinajstić information content (AvgIpc) is 3.42. The number of aromatic nitrogens is 2. The zero-order valence-electron chi connectivity index (χ0n) is 15.0. The molecule has 0 saturated heterocycles. The number of amides is 2. The van der Waals surface area contributed by atoms with Gasteiger partial charge in [0.2, 0.25) is 0 Å². The van der Waals surface area contributed by atoms with Crippen LogP contribution >= 0.6 is 11.6 Å². The second-order valence-corrected chi connectivity index (χ2v) is 6.43. The summed E-state index contributed by atoms with van der Waals surface area (Å²) in [4.78, 5) is 25.1. The maximum atomic E-state index is 12.8. The topological polar surface area (TPSA) is 89.2 Å². The zero-order chi connectivity index (χ0) is 20.2. The van der Waals surface area contributed by atoms with Crippen LogP contribution in [0, 0.1) is 0 Å². The molecule has 4 aromatic rings. The highest BCUT2D eigenvalue weighted by atomic mass is 35.5. The van der Waals surface area contributed by atoms with Crippen molar-refractivity contribution in [1.29, 1.82) is 0 Å². The third kappa shape index (κ3) is 3.90.